The molecule has 0 aliphatic heterocycles. The highest BCUT2D eigenvalue weighted by Crippen LogP contribution is 3.02. The number of nitriles is 3. The van der Waals surface area contributed by atoms with E-state index < -0.39 is 38.7 Å². The predicted octanol–water partition coefficient (Wildman–Crippen LogP) is 5.83. The van der Waals surface area contributed by atoms with Crippen molar-refractivity contribution in [2.24, 2.45) is 0 Å². The first-order valence-electron chi connectivity index (χ1n) is 8.36. The molecule has 6 nitrogen and oxygen atoms in total. The first kappa shape index (κ1) is 24.7. The van der Waals surface area contributed by atoms with Crippen LogP contribution in [0.2, 0.25) is 5.02 Å². The molecule has 0 radical (unpaired) electrons. The van der Waals surface area contributed by atoms with E-state index in [4.69, 9.17) is 26.9 Å². The van der Waals surface area contributed by atoms with Crippen LogP contribution in [0.25, 0.3) is 0 Å². The molecule has 1 amide bonds. The lowest BCUT2D eigenvalue weighted by Gasteiger charge is -2.40. The Morgan fingerprint density at radius 3 is 2.06 bits per heavy atom. The van der Waals surface area contributed by atoms with Crippen molar-refractivity contribution in [1.82, 2.24) is 5.32 Å². The Labute approximate surface area is 184 Å². The van der Waals surface area contributed by atoms with Crippen LogP contribution in [0, 0.1) is 34.0 Å². The van der Waals surface area contributed by atoms with E-state index in [0.29, 0.717) is 12.1 Å². The number of carbonyl (C=O) groups excluding carboxylic acids is 1. The Hall–Kier alpha value is -3.53. The Bertz CT molecular complexity index is 1220. The molecule has 0 heterocycles. The van der Waals surface area contributed by atoms with E-state index in [1.807, 2.05) is 0 Å². The highest BCUT2D eigenvalue weighted by molar-refractivity contribution is 8.45. The molecule has 0 aromatic heterocycles. The van der Waals surface area contributed by atoms with Crippen LogP contribution in [0.5, 0.6) is 5.75 Å². The topological polar surface area (TPSA) is 110 Å². The number of nitrogens with one attached hydrogen (secondary N) is 1. The summed E-state index contributed by atoms with van der Waals surface area (Å²) in [4.78, 5) is 10.2. The zero-order chi connectivity index (χ0) is 24.4. The molecule has 0 aliphatic carbocycles. The van der Waals surface area contributed by atoms with Gasteiger partial charge in [-0.15, -0.1) is 0 Å². The van der Waals surface area contributed by atoms with Crippen LogP contribution in [-0.4, -0.2) is 18.1 Å². The third-order valence-electron chi connectivity index (χ3n) is 4.03. The van der Waals surface area contributed by atoms with E-state index in [2.05, 4.69) is 5.32 Å². The molecule has 1 atom stereocenters. The molecular weight excluding hydrogens is 479 g/mol. The van der Waals surface area contributed by atoms with Crippen LogP contribution in [0.4, 0.5) is 19.4 Å². The monoisotopic (exact) mass is 490 g/mol. The van der Waals surface area contributed by atoms with Crippen molar-refractivity contribution in [2.45, 2.75) is 17.4 Å². The molecule has 2 aromatic carbocycles. The van der Waals surface area contributed by atoms with Crippen LogP contribution in [0.3, 0.4) is 0 Å². The summed E-state index contributed by atoms with van der Waals surface area (Å²) in [5.74, 6) is -1.08. The molecule has 0 saturated heterocycles. The van der Waals surface area contributed by atoms with E-state index in [0.717, 1.165) is 0 Å². The van der Waals surface area contributed by atoms with E-state index in [1.54, 1.807) is 18.2 Å². The Morgan fingerprint density at radius 1 is 1.06 bits per heavy atom. The summed E-state index contributed by atoms with van der Waals surface area (Å²) in [5, 5.41) is 29.6. The molecule has 1 N–H and O–H groups in total. The highest BCUT2D eigenvalue weighted by atomic mass is 35.5. The number of halogens is 6. The molecule has 168 valence electrons. The van der Waals surface area contributed by atoms with Crippen molar-refractivity contribution < 1.29 is 29.0 Å². The number of carbonyl (C=O) groups is 1. The summed E-state index contributed by atoms with van der Waals surface area (Å²) in [6.45, 7) is 0.728. The fourth-order valence-corrected chi connectivity index (χ4v) is 3.22. The van der Waals surface area contributed by atoms with E-state index in [9.17, 15) is 29.5 Å². The van der Waals surface area contributed by atoms with Gasteiger partial charge in [-0.3, -0.25) is 4.79 Å². The number of amides is 1. The summed E-state index contributed by atoms with van der Waals surface area (Å²) < 4.78 is 69.4. The minimum Gasteiger partial charge on any atom is -0.488 e. The number of ether oxygens (including phenoxy) is 1. The second kappa shape index (κ2) is 7.56. The van der Waals surface area contributed by atoms with E-state index in [1.165, 1.54) is 19.1 Å². The maximum Gasteiger partial charge on any atom is 0.310 e. The summed E-state index contributed by atoms with van der Waals surface area (Å²) in [5.41, 5.74) is -2.17. The smallest absolute Gasteiger partial charge is 0.310 e. The molecule has 2 rings (SSSR count). The summed E-state index contributed by atoms with van der Waals surface area (Å²) in [7, 11) is -9.89. The SMILES string of the molecule is CC(C#N)(COc1cc(C#N)c(C#N)cc1Cl)NC(=O)c1ccc(S(F)(F)(F)(F)F)cc1. The largest absolute Gasteiger partial charge is 0.488 e. The number of rotatable bonds is 6. The van der Waals surface area contributed by atoms with Gasteiger partial charge >= 0.3 is 10.2 Å². The van der Waals surface area contributed by atoms with Crippen LogP contribution in [0.15, 0.2) is 41.3 Å². The predicted molar refractivity (Wildman–Crippen MR) is 106 cm³/mol. The van der Waals surface area contributed by atoms with Gasteiger partial charge in [-0.2, -0.15) is 15.8 Å². The van der Waals surface area contributed by atoms with Crippen molar-refractivity contribution >= 4 is 27.7 Å². The maximum atomic E-state index is 12.8. The Kier molecular flexibility index (Phi) is 5.84. The summed E-state index contributed by atoms with van der Waals surface area (Å²) in [6, 6.07) is 8.91. The normalized spacial score (nSPS) is 15.0. The number of hydrogen-bond donors (Lipinski definition) is 1. The van der Waals surface area contributed by atoms with Crippen molar-refractivity contribution in [1.29, 1.82) is 15.8 Å². The van der Waals surface area contributed by atoms with Crippen LogP contribution in [-0.2, 0) is 0 Å². The molecule has 2 aromatic rings. The van der Waals surface area contributed by atoms with Gasteiger partial charge in [0.05, 0.1) is 22.2 Å². The average Bonchev–Trinajstić information content (AvgIpc) is 2.71. The Balaban J connectivity index is 2.20. The quantitative estimate of drug-likeness (QED) is 0.512. The van der Waals surface area contributed by atoms with Crippen molar-refractivity contribution in [2.75, 3.05) is 6.61 Å². The molecule has 0 fully saturated rings. The maximum absolute atomic E-state index is 12.8. The zero-order valence-corrected chi connectivity index (χ0v) is 17.6. The van der Waals surface area contributed by atoms with Gasteiger partial charge in [0.2, 0.25) is 0 Å². The summed E-state index contributed by atoms with van der Waals surface area (Å²) in [6.07, 6.45) is 0. The summed E-state index contributed by atoms with van der Waals surface area (Å²) >= 11 is 5.98. The molecule has 0 spiro atoms. The van der Waals surface area contributed by atoms with Gasteiger partial charge in [-0.05, 0) is 37.3 Å². The van der Waals surface area contributed by atoms with Crippen LogP contribution < -0.4 is 10.1 Å². The molecule has 0 bridgehead atoms. The molecule has 0 aliphatic rings. The molecule has 1 unspecified atom stereocenters. The van der Waals surface area contributed by atoms with Gasteiger partial charge in [0.1, 0.15) is 29.4 Å². The third kappa shape index (κ3) is 5.79. The fraction of sp³-hybridized carbons (Fsp3) is 0.158. The van der Waals surface area contributed by atoms with Crippen molar-refractivity contribution in [3.63, 3.8) is 0 Å². The minimum absolute atomic E-state index is 0.00350. The van der Waals surface area contributed by atoms with Gasteiger partial charge in [0.25, 0.3) is 5.91 Å². The van der Waals surface area contributed by atoms with E-state index >= 15 is 0 Å². The minimum atomic E-state index is -9.89. The first-order chi connectivity index (χ1) is 14.5. The second-order valence-electron chi connectivity index (χ2n) is 6.73. The zero-order valence-electron chi connectivity index (χ0n) is 16.0. The van der Waals surface area contributed by atoms with E-state index in [-0.39, 0.29) is 34.0 Å². The standard InChI is InChI=1S/C19H12ClF5N4O2S/c1-19(10-28,11-31-17-7-14(9-27)13(8-26)6-16(17)20)29-18(30)12-2-4-15(5-3-12)32(21,22,23,24)25/h2-7H,11H2,1H3,(H,29,30). The van der Waals surface area contributed by atoms with Gasteiger partial charge in [-0.1, -0.05) is 31.0 Å². The number of nitrogens with zero attached hydrogens (tertiary/aromatic N) is 3. The molecule has 13 heteroatoms. The molecular formula is C19H12ClF5N4O2S. The Morgan fingerprint density at radius 2 is 1.59 bits per heavy atom. The van der Waals surface area contributed by atoms with Gasteiger partial charge in [0, 0.05) is 11.6 Å². The fourth-order valence-electron chi connectivity index (χ4n) is 2.35. The van der Waals surface area contributed by atoms with Crippen LogP contribution >= 0.6 is 21.8 Å². The molecule has 0 saturated carbocycles. The van der Waals surface area contributed by atoms with Gasteiger partial charge in [0.15, 0.2) is 5.54 Å². The average molecular weight is 491 g/mol. The lowest BCUT2D eigenvalue weighted by atomic mass is 10.0. The third-order valence-corrected chi connectivity index (χ3v) is 5.49. The van der Waals surface area contributed by atoms with Gasteiger partial charge in [-0.25, -0.2) is 0 Å². The number of hydrogen-bond acceptors (Lipinski definition) is 5. The first-order valence-corrected chi connectivity index (χ1v) is 10.7. The number of benzene rings is 2. The lowest BCUT2D eigenvalue weighted by Crippen LogP contribution is -2.49. The van der Waals surface area contributed by atoms with Crippen molar-refractivity contribution in [3.05, 3.63) is 58.1 Å². The van der Waals surface area contributed by atoms with Crippen LogP contribution in [0.1, 0.15) is 28.4 Å². The molecule has 32 heavy (non-hydrogen) atoms. The second-order valence-corrected chi connectivity index (χ2v) is 9.55. The highest BCUT2D eigenvalue weighted by Gasteiger charge is 2.65. The van der Waals surface area contributed by atoms with Gasteiger partial charge < -0.3 is 10.1 Å². The lowest BCUT2D eigenvalue weighted by molar-refractivity contribution is 0.0901. The van der Waals surface area contributed by atoms with Crippen molar-refractivity contribution in [3.8, 4) is 24.0 Å².